The zero-order chi connectivity index (χ0) is 12.0. The average Bonchev–Trinajstić information content (AvgIpc) is 2.65. The minimum atomic E-state index is -0.914. The van der Waals surface area contributed by atoms with Crippen molar-refractivity contribution in [3.63, 3.8) is 0 Å². The second kappa shape index (κ2) is 6.07. The molecule has 1 amide bonds. The number of carboxylic acid groups (broad SMARTS) is 1. The van der Waals surface area contributed by atoms with Gasteiger partial charge in [-0.2, -0.15) is 0 Å². The van der Waals surface area contributed by atoms with E-state index >= 15 is 0 Å². The monoisotopic (exact) mass is 239 g/mol. The van der Waals surface area contributed by atoms with Gasteiger partial charge in [-0.25, -0.2) is 4.79 Å². The highest BCUT2D eigenvalue weighted by Gasteiger charge is 2.07. The van der Waals surface area contributed by atoms with Gasteiger partial charge in [-0.05, 0) is 23.9 Å². The largest absolute Gasteiger partial charge is 0.478 e. The summed E-state index contributed by atoms with van der Waals surface area (Å²) in [5.41, 5.74) is 0.320. The van der Waals surface area contributed by atoms with Crippen molar-refractivity contribution in [3.8, 4) is 0 Å². The fourth-order valence-electron chi connectivity index (χ4n) is 1.15. The smallest absolute Gasteiger partial charge is 0.337 e. The predicted octanol–water partition coefficient (Wildman–Crippen LogP) is 1.99. The number of thiophene rings is 1. The molecule has 0 bridgehead atoms. The van der Waals surface area contributed by atoms with Gasteiger partial charge in [-0.1, -0.05) is 6.08 Å². The van der Waals surface area contributed by atoms with Crippen LogP contribution in [0.4, 0.5) is 0 Å². The fraction of sp³-hybridized carbons (Fsp3) is 0.273. The Labute approximate surface area is 97.6 Å². The Morgan fingerprint density at radius 2 is 2.31 bits per heavy atom. The van der Waals surface area contributed by atoms with Gasteiger partial charge in [0.25, 0.3) is 0 Å². The number of nitrogens with one attached hydrogen (secondary N) is 1. The molecule has 0 unspecified atom stereocenters. The number of carboxylic acids is 1. The number of rotatable bonds is 5. The van der Waals surface area contributed by atoms with Gasteiger partial charge < -0.3 is 10.4 Å². The third-order valence-electron chi connectivity index (χ3n) is 1.88. The lowest BCUT2D eigenvalue weighted by molar-refractivity contribution is -0.118. The average molecular weight is 239 g/mol. The molecule has 1 aromatic rings. The van der Waals surface area contributed by atoms with Gasteiger partial charge in [0.2, 0.25) is 5.91 Å². The van der Waals surface area contributed by atoms with Gasteiger partial charge in [0.15, 0.2) is 0 Å². The number of carbonyl (C=O) groups is 2. The van der Waals surface area contributed by atoms with Crippen LogP contribution in [0.15, 0.2) is 17.5 Å². The maximum atomic E-state index is 10.8. The maximum absolute atomic E-state index is 10.8. The lowest BCUT2D eigenvalue weighted by Gasteiger charge is -1.96. The molecule has 5 heteroatoms. The summed E-state index contributed by atoms with van der Waals surface area (Å²) in [5, 5.41) is 13.3. The first-order valence-electron chi connectivity index (χ1n) is 4.83. The summed E-state index contributed by atoms with van der Waals surface area (Å²) < 4.78 is 0. The predicted molar refractivity (Wildman–Crippen MR) is 63.6 cm³/mol. The van der Waals surface area contributed by atoms with E-state index in [1.165, 1.54) is 18.3 Å². The van der Waals surface area contributed by atoms with Crippen molar-refractivity contribution in [2.75, 3.05) is 6.54 Å². The van der Waals surface area contributed by atoms with Gasteiger partial charge in [0.05, 0.1) is 5.56 Å². The Kier molecular flexibility index (Phi) is 4.72. The van der Waals surface area contributed by atoms with Crippen LogP contribution in [0.5, 0.6) is 0 Å². The Hall–Kier alpha value is -1.62. The maximum Gasteiger partial charge on any atom is 0.337 e. The summed E-state index contributed by atoms with van der Waals surface area (Å²) in [6, 6.07) is 1.58. The summed E-state index contributed by atoms with van der Waals surface area (Å²) >= 11 is 1.39. The molecule has 16 heavy (non-hydrogen) atoms. The SMILES string of the molecule is CC(=O)NCCC=Cc1sccc1C(=O)O. The van der Waals surface area contributed by atoms with Crippen LogP contribution in [-0.4, -0.2) is 23.5 Å². The zero-order valence-electron chi connectivity index (χ0n) is 8.90. The quantitative estimate of drug-likeness (QED) is 0.772. The molecule has 1 heterocycles. The normalized spacial score (nSPS) is 10.6. The second-order valence-electron chi connectivity index (χ2n) is 3.18. The van der Waals surface area contributed by atoms with E-state index in [-0.39, 0.29) is 5.91 Å². The van der Waals surface area contributed by atoms with E-state index in [2.05, 4.69) is 5.32 Å². The highest BCUT2D eigenvalue weighted by molar-refractivity contribution is 7.11. The molecule has 0 aromatic carbocycles. The van der Waals surface area contributed by atoms with Gasteiger partial charge in [-0.15, -0.1) is 11.3 Å². The summed E-state index contributed by atoms with van der Waals surface area (Å²) in [6.45, 7) is 2.03. The summed E-state index contributed by atoms with van der Waals surface area (Å²) in [6.07, 6.45) is 4.32. The van der Waals surface area contributed by atoms with Crippen LogP contribution in [0.25, 0.3) is 6.08 Å². The van der Waals surface area contributed by atoms with E-state index in [0.717, 1.165) is 4.88 Å². The van der Waals surface area contributed by atoms with Crippen molar-refractivity contribution < 1.29 is 14.7 Å². The van der Waals surface area contributed by atoms with Crippen molar-refractivity contribution in [1.29, 1.82) is 0 Å². The number of aromatic carboxylic acids is 1. The first-order chi connectivity index (χ1) is 7.61. The first kappa shape index (κ1) is 12.4. The van der Waals surface area contributed by atoms with Gasteiger partial charge in [0, 0.05) is 18.3 Å². The van der Waals surface area contributed by atoms with E-state index in [9.17, 15) is 9.59 Å². The van der Waals surface area contributed by atoms with Crippen LogP contribution in [0.1, 0.15) is 28.6 Å². The summed E-state index contributed by atoms with van der Waals surface area (Å²) in [5.74, 6) is -0.974. The lowest BCUT2D eigenvalue weighted by Crippen LogP contribution is -2.20. The van der Waals surface area contributed by atoms with Gasteiger partial charge in [0.1, 0.15) is 0 Å². The van der Waals surface area contributed by atoms with Gasteiger partial charge >= 0.3 is 5.97 Å². The molecule has 0 saturated carbocycles. The molecule has 0 aliphatic rings. The molecule has 2 N–H and O–H groups in total. The van der Waals surface area contributed by atoms with Crippen LogP contribution in [0, 0.1) is 0 Å². The molecule has 0 aliphatic carbocycles. The number of carbonyl (C=O) groups excluding carboxylic acids is 1. The highest BCUT2D eigenvalue weighted by atomic mass is 32.1. The van der Waals surface area contributed by atoms with Crippen LogP contribution in [0.3, 0.4) is 0 Å². The molecule has 0 radical (unpaired) electrons. The molecule has 0 spiro atoms. The fourth-order valence-corrected chi connectivity index (χ4v) is 1.96. The second-order valence-corrected chi connectivity index (χ2v) is 4.13. The summed E-state index contributed by atoms with van der Waals surface area (Å²) in [4.78, 5) is 22.1. The topological polar surface area (TPSA) is 66.4 Å². The minimum absolute atomic E-state index is 0.0595. The Morgan fingerprint density at radius 3 is 2.94 bits per heavy atom. The summed E-state index contributed by atoms with van der Waals surface area (Å²) in [7, 11) is 0. The lowest BCUT2D eigenvalue weighted by atomic mass is 10.2. The highest BCUT2D eigenvalue weighted by Crippen LogP contribution is 2.18. The molecule has 86 valence electrons. The van der Waals surface area contributed by atoms with Crippen molar-refractivity contribution in [3.05, 3.63) is 28.0 Å². The van der Waals surface area contributed by atoms with Crippen LogP contribution < -0.4 is 5.32 Å². The van der Waals surface area contributed by atoms with Crippen molar-refractivity contribution >= 4 is 29.3 Å². The molecule has 1 rings (SSSR count). The molecule has 1 aromatic heterocycles. The Balaban J connectivity index is 2.47. The molecule has 4 nitrogen and oxygen atoms in total. The van der Waals surface area contributed by atoms with E-state index in [0.29, 0.717) is 18.5 Å². The first-order valence-corrected chi connectivity index (χ1v) is 5.71. The number of amides is 1. The zero-order valence-corrected chi connectivity index (χ0v) is 9.71. The van der Waals surface area contributed by atoms with E-state index in [4.69, 9.17) is 5.11 Å². The molecular formula is C11H13NO3S. The molecule has 0 fully saturated rings. The van der Waals surface area contributed by atoms with E-state index < -0.39 is 5.97 Å². The van der Waals surface area contributed by atoms with Gasteiger partial charge in [-0.3, -0.25) is 4.79 Å². The van der Waals surface area contributed by atoms with E-state index in [1.807, 2.05) is 6.08 Å². The Morgan fingerprint density at radius 1 is 1.56 bits per heavy atom. The van der Waals surface area contributed by atoms with Crippen LogP contribution >= 0.6 is 11.3 Å². The standard InChI is InChI=1S/C11H13NO3S/c1-8(13)12-6-3-2-4-10-9(11(14)15)5-7-16-10/h2,4-5,7H,3,6H2,1H3,(H,12,13)(H,14,15). The third-order valence-corrected chi connectivity index (χ3v) is 2.76. The number of hydrogen-bond acceptors (Lipinski definition) is 3. The molecule has 0 atom stereocenters. The number of hydrogen-bond donors (Lipinski definition) is 2. The molecule has 0 saturated heterocycles. The van der Waals surface area contributed by atoms with Crippen molar-refractivity contribution in [2.45, 2.75) is 13.3 Å². The minimum Gasteiger partial charge on any atom is -0.478 e. The van der Waals surface area contributed by atoms with Crippen LogP contribution in [-0.2, 0) is 4.79 Å². The molecule has 0 aliphatic heterocycles. The molecular weight excluding hydrogens is 226 g/mol. The van der Waals surface area contributed by atoms with Crippen LogP contribution in [0.2, 0.25) is 0 Å². The van der Waals surface area contributed by atoms with E-state index in [1.54, 1.807) is 17.5 Å². The Bertz CT molecular complexity index is 409. The van der Waals surface area contributed by atoms with Crippen molar-refractivity contribution in [2.24, 2.45) is 0 Å². The third kappa shape index (κ3) is 3.86. The van der Waals surface area contributed by atoms with Crippen molar-refractivity contribution in [1.82, 2.24) is 5.32 Å².